The molecule has 2 heterocycles. The minimum absolute atomic E-state index is 0.167. The fourth-order valence-corrected chi connectivity index (χ4v) is 5.26. The smallest absolute Gasteiger partial charge is 0.341 e. The molecule has 0 fully saturated rings. The normalized spacial score (nSPS) is 16.0. The highest BCUT2D eigenvalue weighted by molar-refractivity contribution is 7.99. The van der Waals surface area contributed by atoms with Gasteiger partial charge in [-0.25, -0.2) is 4.79 Å². The molecule has 2 aromatic heterocycles. The number of aromatic nitrogens is 3. The molecule has 27 heavy (non-hydrogen) atoms. The van der Waals surface area contributed by atoms with E-state index >= 15 is 0 Å². The van der Waals surface area contributed by atoms with Gasteiger partial charge in [-0.15, -0.1) is 21.5 Å². The number of aryl methyl sites for hydroxylation is 1. The summed E-state index contributed by atoms with van der Waals surface area (Å²) in [5.74, 6) is 0.330. The van der Waals surface area contributed by atoms with Gasteiger partial charge in [-0.05, 0) is 37.7 Å². The lowest BCUT2D eigenvalue weighted by Gasteiger charge is -2.20. The Balaban J connectivity index is 1.77. The predicted octanol–water partition coefficient (Wildman–Crippen LogP) is 3.30. The molecule has 0 saturated heterocycles. The zero-order valence-corrected chi connectivity index (χ0v) is 17.4. The summed E-state index contributed by atoms with van der Waals surface area (Å²) < 4.78 is 7.01. The molecule has 3 rings (SSSR count). The largest absolute Gasteiger partial charge is 0.462 e. The average molecular weight is 409 g/mol. The van der Waals surface area contributed by atoms with Crippen LogP contribution in [0.2, 0.25) is 0 Å². The van der Waals surface area contributed by atoms with Crippen molar-refractivity contribution in [2.45, 2.75) is 44.7 Å². The number of anilines is 1. The molecule has 1 unspecified atom stereocenters. The zero-order valence-electron chi connectivity index (χ0n) is 15.8. The fraction of sp³-hybridized carbons (Fsp3) is 0.556. The van der Waals surface area contributed by atoms with E-state index in [-0.39, 0.29) is 17.6 Å². The van der Waals surface area contributed by atoms with Crippen LogP contribution in [-0.4, -0.2) is 39.0 Å². The highest BCUT2D eigenvalue weighted by Gasteiger charge is 2.29. The van der Waals surface area contributed by atoms with Crippen molar-refractivity contribution in [1.29, 1.82) is 0 Å². The second-order valence-electron chi connectivity index (χ2n) is 6.51. The summed E-state index contributed by atoms with van der Waals surface area (Å²) in [6.07, 6.45) is 5.62. The number of carbonyl (C=O) groups is 2. The standard InChI is InChI=1S/C18H24N4O3S2/c1-4-11-6-7-12-13(8-11)27-16(15(12)17(24)25-5-2)20-14(23)9-26-18-21-19-10-22(18)3/h10-11H,4-9H2,1-3H3,(H,20,23). The van der Waals surface area contributed by atoms with Crippen molar-refractivity contribution < 1.29 is 14.3 Å². The van der Waals surface area contributed by atoms with Crippen molar-refractivity contribution >= 4 is 40.0 Å². The first-order chi connectivity index (χ1) is 13.0. The Labute approximate surface area is 166 Å². The van der Waals surface area contributed by atoms with Crippen LogP contribution in [-0.2, 0) is 29.4 Å². The van der Waals surface area contributed by atoms with Gasteiger partial charge in [0.15, 0.2) is 5.16 Å². The van der Waals surface area contributed by atoms with Gasteiger partial charge in [0, 0.05) is 11.9 Å². The van der Waals surface area contributed by atoms with Gasteiger partial charge in [0.05, 0.1) is 17.9 Å². The van der Waals surface area contributed by atoms with Crippen molar-refractivity contribution in [2.24, 2.45) is 13.0 Å². The number of fused-ring (bicyclic) bond motifs is 1. The van der Waals surface area contributed by atoms with Crippen LogP contribution in [0.5, 0.6) is 0 Å². The molecule has 7 nitrogen and oxygen atoms in total. The van der Waals surface area contributed by atoms with Crippen molar-refractivity contribution in [3.63, 3.8) is 0 Å². The fourth-order valence-electron chi connectivity index (χ4n) is 3.21. The number of ether oxygens (including phenoxy) is 1. The number of thiophene rings is 1. The average Bonchev–Trinajstić information content (AvgIpc) is 3.22. The van der Waals surface area contributed by atoms with Crippen LogP contribution in [0.1, 0.15) is 47.5 Å². The molecule has 0 aromatic carbocycles. The molecule has 0 bridgehead atoms. The topological polar surface area (TPSA) is 86.1 Å². The lowest BCUT2D eigenvalue weighted by Crippen LogP contribution is -2.18. The Morgan fingerprint density at radius 2 is 2.26 bits per heavy atom. The molecule has 0 spiro atoms. The summed E-state index contributed by atoms with van der Waals surface area (Å²) in [6.45, 7) is 4.30. The summed E-state index contributed by atoms with van der Waals surface area (Å²) in [6, 6.07) is 0. The molecule has 1 N–H and O–H groups in total. The number of rotatable bonds is 7. The molecule has 1 aliphatic rings. The quantitative estimate of drug-likeness (QED) is 0.559. The van der Waals surface area contributed by atoms with Crippen LogP contribution in [0.15, 0.2) is 11.5 Å². The van der Waals surface area contributed by atoms with Crippen molar-refractivity contribution in [2.75, 3.05) is 17.7 Å². The Morgan fingerprint density at radius 1 is 1.44 bits per heavy atom. The van der Waals surface area contributed by atoms with E-state index in [4.69, 9.17) is 4.74 Å². The van der Waals surface area contributed by atoms with E-state index in [0.717, 1.165) is 31.2 Å². The van der Waals surface area contributed by atoms with Crippen LogP contribution >= 0.6 is 23.1 Å². The van der Waals surface area contributed by atoms with Crippen LogP contribution in [0, 0.1) is 5.92 Å². The first-order valence-electron chi connectivity index (χ1n) is 9.11. The summed E-state index contributed by atoms with van der Waals surface area (Å²) in [5.41, 5.74) is 1.60. The lowest BCUT2D eigenvalue weighted by molar-refractivity contribution is -0.113. The summed E-state index contributed by atoms with van der Waals surface area (Å²) in [5, 5.41) is 12.0. The van der Waals surface area contributed by atoms with Gasteiger partial charge >= 0.3 is 5.97 Å². The van der Waals surface area contributed by atoms with E-state index in [1.54, 1.807) is 17.8 Å². The van der Waals surface area contributed by atoms with E-state index in [1.165, 1.54) is 28.0 Å². The number of nitrogens with one attached hydrogen (secondary N) is 1. The van der Waals surface area contributed by atoms with Crippen molar-refractivity contribution in [3.05, 3.63) is 22.3 Å². The zero-order chi connectivity index (χ0) is 19.4. The maximum absolute atomic E-state index is 12.5. The number of hydrogen-bond acceptors (Lipinski definition) is 7. The maximum atomic E-state index is 12.5. The molecule has 9 heteroatoms. The molecule has 1 aliphatic carbocycles. The van der Waals surface area contributed by atoms with E-state index in [2.05, 4.69) is 22.4 Å². The molecule has 146 valence electrons. The highest BCUT2D eigenvalue weighted by Crippen LogP contribution is 2.40. The van der Waals surface area contributed by atoms with Gasteiger partial charge < -0.3 is 14.6 Å². The van der Waals surface area contributed by atoms with E-state index < -0.39 is 0 Å². The molecule has 0 saturated carbocycles. The predicted molar refractivity (Wildman–Crippen MR) is 106 cm³/mol. The molecule has 1 amide bonds. The summed E-state index contributed by atoms with van der Waals surface area (Å²) in [4.78, 5) is 26.2. The first-order valence-corrected chi connectivity index (χ1v) is 10.9. The number of nitrogens with zero attached hydrogens (tertiary/aromatic N) is 3. The summed E-state index contributed by atoms with van der Waals surface area (Å²) >= 11 is 2.83. The minimum Gasteiger partial charge on any atom is -0.462 e. The molecule has 1 atom stereocenters. The van der Waals surface area contributed by atoms with Crippen molar-refractivity contribution in [1.82, 2.24) is 14.8 Å². The van der Waals surface area contributed by atoms with Crippen LogP contribution in [0.4, 0.5) is 5.00 Å². The van der Waals surface area contributed by atoms with Crippen LogP contribution in [0.3, 0.4) is 0 Å². The number of hydrogen-bond donors (Lipinski definition) is 1. The molecule has 0 radical (unpaired) electrons. The van der Waals surface area contributed by atoms with E-state index in [9.17, 15) is 9.59 Å². The number of thioether (sulfide) groups is 1. The monoisotopic (exact) mass is 408 g/mol. The van der Waals surface area contributed by atoms with E-state index in [1.807, 2.05) is 7.05 Å². The third-order valence-electron chi connectivity index (χ3n) is 4.68. The lowest BCUT2D eigenvalue weighted by atomic mass is 9.85. The number of esters is 1. The third-order valence-corrected chi connectivity index (χ3v) is 6.88. The Bertz CT molecular complexity index is 831. The Hall–Kier alpha value is -1.87. The highest BCUT2D eigenvalue weighted by atomic mass is 32.2. The Kier molecular flexibility index (Phi) is 6.54. The van der Waals surface area contributed by atoms with Gasteiger partial charge in [0.1, 0.15) is 11.3 Å². The van der Waals surface area contributed by atoms with Gasteiger partial charge in [0.25, 0.3) is 0 Å². The Morgan fingerprint density at radius 3 is 2.93 bits per heavy atom. The number of amides is 1. The van der Waals surface area contributed by atoms with Gasteiger partial charge in [-0.3, -0.25) is 4.79 Å². The molecular weight excluding hydrogens is 384 g/mol. The van der Waals surface area contributed by atoms with Crippen molar-refractivity contribution in [3.8, 4) is 0 Å². The minimum atomic E-state index is -0.346. The summed E-state index contributed by atoms with van der Waals surface area (Å²) in [7, 11) is 1.83. The van der Waals surface area contributed by atoms with Crippen LogP contribution in [0.25, 0.3) is 0 Å². The third kappa shape index (κ3) is 4.52. The second-order valence-corrected chi connectivity index (χ2v) is 8.55. The SMILES string of the molecule is CCOC(=O)c1c(NC(=O)CSc2nncn2C)sc2c1CCC(CC)C2. The van der Waals surface area contributed by atoms with Crippen LogP contribution < -0.4 is 5.32 Å². The first kappa shape index (κ1) is 19.9. The van der Waals surface area contributed by atoms with Gasteiger partial charge in [0.2, 0.25) is 5.91 Å². The number of carbonyl (C=O) groups excluding carboxylic acids is 2. The van der Waals surface area contributed by atoms with E-state index in [0.29, 0.717) is 28.2 Å². The molecular formula is C18H24N4O3S2. The second kappa shape index (κ2) is 8.88. The maximum Gasteiger partial charge on any atom is 0.341 e. The van der Waals surface area contributed by atoms with Gasteiger partial charge in [-0.2, -0.15) is 0 Å². The molecule has 0 aliphatic heterocycles. The van der Waals surface area contributed by atoms with Gasteiger partial charge in [-0.1, -0.05) is 25.1 Å². The molecule has 2 aromatic rings.